The minimum atomic E-state index is -0.451. The average Bonchev–Trinajstić information content (AvgIpc) is 3.15. The van der Waals surface area contributed by atoms with Gasteiger partial charge in [-0.2, -0.15) is 5.10 Å². The lowest BCUT2D eigenvalue weighted by atomic mass is 10.0. The predicted molar refractivity (Wildman–Crippen MR) is 122 cm³/mol. The summed E-state index contributed by atoms with van der Waals surface area (Å²) in [5.74, 6) is -0.558. The van der Waals surface area contributed by atoms with Gasteiger partial charge in [0.25, 0.3) is 0 Å². The molecule has 1 aliphatic heterocycles. The molecule has 4 aromatic rings. The van der Waals surface area contributed by atoms with E-state index in [-0.39, 0.29) is 5.39 Å². The molecule has 166 valence electrons. The minimum absolute atomic E-state index is 0.283. The summed E-state index contributed by atoms with van der Waals surface area (Å²) in [6.07, 6.45) is 5.16. The normalized spacial score (nSPS) is 15.1. The Balaban J connectivity index is 1.45. The van der Waals surface area contributed by atoms with Crippen LogP contribution in [0, 0.1) is 11.6 Å². The Morgan fingerprint density at radius 2 is 1.88 bits per heavy atom. The van der Waals surface area contributed by atoms with Gasteiger partial charge in [-0.15, -0.1) is 0 Å². The monoisotopic (exact) mass is 437 g/mol. The van der Waals surface area contributed by atoms with E-state index >= 15 is 4.39 Å². The number of aryl methyl sites for hydroxylation is 1. The Morgan fingerprint density at radius 1 is 1.06 bits per heavy atom. The van der Waals surface area contributed by atoms with E-state index in [1.807, 2.05) is 6.07 Å². The first kappa shape index (κ1) is 20.6. The summed E-state index contributed by atoms with van der Waals surface area (Å²) in [5.41, 5.74) is 2.09. The van der Waals surface area contributed by atoms with Crippen molar-refractivity contribution in [1.29, 1.82) is 0 Å². The van der Waals surface area contributed by atoms with Gasteiger partial charge in [-0.25, -0.2) is 18.7 Å². The Hall–Kier alpha value is -3.33. The second-order valence-corrected chi connectivity index (χ2v) is 8.19. The van der Waals surface area contributed by atoms with Crippen molar-refractivity contribution in [2.45, 2.75) is 25.8 Å². The molecule has 2 aromatic heterocycles. The molecule has 0 unspecified atom stereocenters. The molecule has 0 amide bonds. The number of anilines is 3. The maximum atomic E-state index is 15.3. The van der Waals surface area contributed by atoms with Crippen LogP contribution in [-0.2, 0) is 7.05 Å². The standard InChI is InChI=1S/C23H25F2N7/c1-3-26-15-4-6-32(7-5-15)17-10-18(24)21-20(11-17)27-13-28-23(21)29-16-8-14-12-31(2)30-22(14)19(25)9-16/h8-13,15,26H,3-7H2,1-2H3,(H,27,28,29). The van der Waals surface area contributed by atoms with Crippen LogP contribution in [0.4, 0.5) is 26.0 Å². The summed E-state index contributed by atoms with van der Waals surface area (Å²) in [5, 5.41) is 11.6. The van der Waals surface area contributed by atoms with Gasteiger partial charge >= 0.3 is 0 Å². The molecule has 2 aromatic carbocycles. The Kier molecular flexibility index (Phi) is 5.34. The molecule has 32 heavy (non-hydrogen) atoms. The molecule has 9 heteroatoms. The van der Waals surface area contributed by atoms with E-state index in [2.05, 4.69) is 37.5 Å². The van der Waals surface area contributed by atoms with Crippen LogP contribution in [0.5, 0.6) is 0 Å². The third-order valence-electron chi connectivity index (χ3n) is 5.97. The molecule has 1 fully saturated rings. The lowest BCUT2D eigenvalue weighted by Crippen LogP contribution is -2.42. The number of halogens is 2. The van der Waals surface area contributed by atoms with Crippen molar-refractivity contribution in [2.75, 3.05) is 29.9 Å². The fourth-order valence-corrected chi connectivity index (χ4v) is 4.46. The predicted octanol–water partition coefficient (Wildman–Crippen LogP) is 4.12. The highest BCUT2D eigenvalue weighted by molar-refractivity contribution is 5.94. The van der Waals surface area contributed by atoms with Gasteiger partial charge in [-0.1, -0.05) is 6.92 Å². The number of aromatic nitrogens is 4. The highest BCUT2D eigenvalue weighted by Gasteiger charge is 2.21. The molecule has 1 aliphatic rings. The van der Waals surface area contributed by atoms with Gasteiger partial charge in [0, 0.05) is 49.1 Å². The number of hydrogen-bond acceptors (Lipinski definition) is 6. The van der Waals surface area contributed by atoms with Gasteiger partial charge in [0.1, 0.15) is 23.5 Å². The van der Waals surface area contributed by atoms with E-state index in [0.29, 0.717) is 34.0 Å². The van der Waals surface area contributed by atoms with Crippen LogP contribution in [0.1, 0.15) is 19.8 Å². The zero-order valence-electron chi connectivity index (χ0n) is 18.1. The van der Waals surface area contributed by atoms with Crippen molar-refractivity contribution in [1.82, 2.24) is 25.1 Å². The van der Waals surface area contributed by atoms with Gasteiger partial charge in [-0.3, -0.25) is 4.68 Å². The minimum Gasteiger partial charge on any atom is -0.371 e. The zero-order valence-corrected chi connectivity index (χ0v) is 18.1. The molecular formula is C23H25F2N7. The summed E-state index contributed by atoms with van der Waals surface area (Å²) in [6.45, 7) is 4.80. The topological polar surface area (TPSA) is 70.9 Å². The van der Waals surface area contributed by atoms with Crippen LogP contribution >= 0.6 is 0 Å². The van der Waals surface area contributed by atoms with E-state index in [1.54, 1.807) is 24.0 Å². The number of nitrogens with one attached hydrogen (secondary N) is 2. The summed E-state index contributed by atoms with van der Waals surface area (Å²) in [4.78, 5) is 10.7. The van der Waals surface area contributed by atoms with E-state index < -0.39 is 11.6 Å². The Bertz CT molecular complexity index is 1280. The number of nitrogens with zero attached hydrogens (tertiary/aromatic N) is 5. The smallest absolute Gasteiger partial charge is 0.153 e. The van der Waals surface area contributed by atoms with Crippen molar-refractivity contribution in [3.63, 3.8) is 0 Å². The fraction of sp³-hybridized carbons (Fsp3) is 0.348. The summed E-state index contributed by atoms with van der Waals surface area (Å²) in [7, 11) is 1.74. The van der Waals surface area contributed by atoms with Gasteiger partial charge in [-0.05, 0) is 43.7 Å². The number of benzene rings is 2. The second kappa shape index (κ2) is 8.31. The van der Waals surface area contributed by atoms with Crippen LogP contribution in [0.15, 0.2) is 36.8 Å². The third kappa shape index (κ3) is 3.84. The van der Waals surface area contributed by atoms with Crippen molar-refractivity contribution in [2.24, 2.45) is 7.05 Å². The highest BCUT2D eigenvalue weighted by Crippen LogP contribution is 2.32. The van der Waals surface area contributed by atoms with Gasteiger partial charge in [0.2, 0.25) is 0 Å². The first-order valence-corrected chi connectivity index (χ1v) is 10.8. The molecule has 7 nitrogen and oxygen atoms in total. The molecule has 0 radical (unpaired) electrons. The molecule has 2 N–H and O–H groups in total. The number of piperidine rings is 1. The largest absolute Gasteiger partial charge is 0.371 e. The number of rotatable bonds is 5. The first-order chi connectivity index (χ1) is 15.5. The maximum Gasteiger partial charge on any atom is 0.153 e. The van der Waals surface area contributed by atoms with Gasteiger partial charge in [0.05, 0.1) is 10.9 Å². The van der Waals surface area contributed by atoms with Crippen molar-refractivity contribution < 1.29 is 8.78 Å². The van der Waals surface area contributed by atoms with Gasteiger partial charge < -0.3 is 15.5 Å². The number of hydrogen-bond donors (Lipinski definition) is 2. The molecule has 3 heterocycles. The fourth-order valence-electron chi connectivity index (χ4n) is 4.46. The SMILES string of the molecule is CCNC1CCN(c2cc(F)c3c(Nc4cc(F)c5nn(C)cc5c4)ncnc3c2)CC1. The molecule has 0 saturated carbocycles. The summed E-state index contributed by atoms with van der Waals surface area (Å²) < 4.78 is 31.3. The Morgan fingerprint density at radius 3 is 2.66 bits per heavy atom. The third-order valence-corrected chi connectivity index (χ3v) is 5.97. The average molecular weight is 437 g/mol. The van der Waals surface area contributed by atoms with Crippen molar-refractivity contribution in [3.8, 4) is 0 Å². The first-order valence-electron chi connectivity index (χ1n) is 10.8. The van der Waals surface area contributed by atoms with Crippen LogP contribution in [-0.4, -0.2) is 45.4 Å². The van der Waals surface area contributed by atoms with Crippen molar-refractivity contribution >= 4 is 39.0 Å². The van der Waals surface area contributed by atoms with E-state index in [4.69, 9.17) is 0 Å². The summed E-state index contributed by atoms with van der Waals surface area (Å²) >= 11 is 0. The molecule has 0 atom stereocenters. The van der Waals surface area contributed by atoms with Crippen LogP contribution < -0.4 is 15.5 Å². The lowest BCUT2D eigenvalue weighted by Gasteiger charge is -2.34. The molecule has 0 bridgehead atoms. The highest BCUT2D eigenvalue weighted by atomic mass is 19.1. The quantitative estimate of drug-likeness (QED) is 0.490. The van der Waals surface area contributed by atoms with Crippen molar-refractivity contribution in [3.05, 3.63) is 48.4 Å². The Labute approximate surface area is 184 Å². The zero-order chi connectivity index (χ0) is 22.2. The molecular weight excluding hydrogens is 412 g/mol. The van der Waals surface area contributed by atoms with E-state index in [9.17, 15) is 4.39 Å². The van der Waals surface area contributed by atoms with Crippen LogP contribution in [0.2, 0.25) is 0 Å². The molecule has 1 saturated heterocycles. The maximum absolute atomic E-state index is 15.3. The van der Waals surface area contributed by atoms with Gasteiger partial charge in [0.15, 0.2) is 5.82 Å². The van der Waals surface area contributed by atoms with E-state index in [0.717, 1.165) is 38.2 Å². The van der Waals surface area contributed by atoms with Crippen LogP contribution in [0.3, 0.4) is 0 Å². The molecule has 0 spiro atoms. The lowest BCUT2D eigenvalue weighted by molar-refractivity contribution is 0.424. The molecule has 0 aliphatic carbocycles. The van der Waals surface area contributed by atoms with Crippen LogP contribution in [0.25, 0.3) is 21.8 Å². The molecule has 5 rings (SSSR count). The van der Waals surface area contributed by atoms with E-state index in [1.165, 1.54) is 18.5 Å². The summed E-state index contributed by atoms with van der Waals surface area (Å²) in [6, 6.07) is 7.04. The second-order valence-electron chi connectivity index (χ2n) is 8.19. The number of fused-ring (bicyclic) bond motifs is 2.